The number of anilines is 1. The third-order valence-corrected chi connectivity index (χ3v) is 4.34. The van der Waals surface area contributed by atoms with Crippen molar-refractivity contribution in [3.05, 3.63) is 29.8 Å². The normalized spacial score (nSPS) is 24.2. The molecular formula is C16H25Cl2N3O2. The quantitative estimate of drug-likeness (QED) is 0.872. The molecule has 2 aliphatic rings. The molecular weight excluding hydrogens is 337 g/mol. The Morgan fingerprint density at radius 2 is 2.00 bits per heavy atom. The highest BCUT2D eigenvalue weighted by molar-refractivity contribution is 5.97. The summed E-state index contributed by atoms with van der Waals surface area (Å²) in [4.78, 5) is 17.0. The first-order valence-corrected chi connectivity index (χ1v) is 7.62. The molecule has 1 aromatic carbocycles. The van der Waals surface area contributed by atoms with Crippen molar-refractivity contribution in [2.45, 2.75) is 31.6 Å². The number of nitrogens with zero attached hydrogens (tertiary/aromatic N) is 2. The van der Waals surface area contributed by atoms with Gasteiger partial charge in [-0.2, -0.15) is 0 Å². The first-order chi connectivity index (χ1) is 10.2. The summed E-state index contributed by atoms with van der Waals surface area (Å²) >= 11 is 0. The third-order valence-electron chi connectivity index (χ3n) is 4.34. The fraction of sp³-hybridized carbons (Fsp3) is 0.562. The van der Waals surface area contributed by atoms with E-state index in [1.165, 1.54) is 5.56 Å². The zero-order valence-corrected chi connectivity index (χ0v) is 14.9. The predicted molar refractivity (Wildman–Crippen MR) is 96.6 cm³/mol. The lowest BCUT2D eigenvalue weighted by molar-refractivity contribution is -0.129. The van der Waals surface area contributed by atoms with Gasteiger partial charge in [0, 0.05) is 31.9 Å². The van der Waals surface area contributed by atoms with Crippen LogP contribution in [0.4, 0.5) is 5.69 Å². The van der Waals surface area contributed by atoms with Crippen molar-refractivity contribution in [1.29, 1.82) is 0 Å². The van der Waals surface area contributed by atoms with Crippen LogP contribution in [0.1, 0.15) is 18.4 Å². The van der Waals surface area contributed by atoms with Crippen molar-refractivity contribution in [3.63, 3.8) is 0 Å². The third kappa shape index (κ3) is 4.37. The van der Waals surface area contributed by atoms with Crippen LogP contribution >= 0.6 is 24.8 Å². The second-order valence-electron chi connectivity index (χ2n) is 5.92. The number of hydrogen-bond acceptors (Lipinski definition) is 4. The van der Waals surface area contributed by atoms with Crippen molar-refractivity contribution < 1.29 is 9.53 Å². The molecule has 0 saturated carbocycles. The number of benzene rings is 1. The molecule has 3 rings (SSSR count). The molecule has 0 bridgehead atoms. The number of carbonyl (C=O) groups excluding carboxylic acids is 1. The van der Waals surface area contributed by atoms with Crippen molar-refractivity contribution >= 4 is 36.4 Å². The van der Waals surface area contributed by atoms with Gasteiger partial charge in [-0.1, -0.05) is 18.2 Å². The first kappa shape index (κ1) is 20.2. The average Bonchev–Trinajstić information content (AvgIpc) is 2.91. The molecule has 7 heteroatoms. The summed E-state index contributed by atoms with van der Waals surface area (Å²) in [5, 5.41) is 0. The zero-order valence-electron chi connectivity index (χ0n) is 13.3. The molecule has 1 fully saturated rings. The lowest BCUT2D eigenvalue weighted by atomic mass is 10.1. The van der Waals surface area contributed by atoms with Gasteiger partial charge in [0.1, 0.15) is 6.10 Å². The molecule has 23 heavy (non-hydrogen) atoms. The number of para-hydroxylation sites is 1. The molecule has 2 N–H and O–H groups in total. The van der Waals surface area contributed by atoms with Crippen LogP contribution in [-0.2, 0) is 16.1 Å². The van der Waals surface area contributed by atoms with E-state index in [1.807, 2.05) is 23.1 Å². The SMILES string of the molecule is CN1CCN(C(=O)[C@@H]2CC[C@H](CN)O2)c2ccccc2C1.Cl.Cl. The van der Waals surface area contributed by atoms with E-state index in [9.17, 15) is 4.79 Å². The second-order valence-corrected chi connectivity index (χ2v) is 5.92. The maximum absolute atomic E-state index is 12.8. The highest BCUT2D eigenvalue weighted by Crippen LogP contribution is 2.28. The molecule has 5 nitrogen and oxygen atoms in total. The van der Waals surface area contributed by atoms with Crippen LogP contribution < -0.4 is 10.6 Å². The number of fused-ring (bicyclic) bond motifs is 1. The second kappa shape index (κ2) is 8.85. The standard InChI is InChI=1S/C16H23N3O2.2ClH/c1-18-8-9-19(14-5-3-2-4-12(14)11-18)16(20)15-7-6-13(10-17)21-15;;/h2-5,13,15H,6-11,17H2,1H3;2*1H/t13-,15+;;/m1../s1. The Labute approximate surface area is 150 Å². The van der Waals surface area contributed by atoms with E-state index in [-0.39, 0.29) is 42.9 Å². The van der Waals surface area contributed by atoms with E-state index in [0.717, 1.165) is 31.6 Å². The van der Waals surface area contributed by atoms with E-state index in [1.54, 1.807) is 0 Å². The molecule has 0 radical (unpaired) electrons. The molecule has 0 unspecified atom stereocenters. The van der Waals surface area contributed by atoms with Crippen LogP contribution in [0.25, 0.3) is 0 Å². The molecule has 2 heterocycles. The minimum atomic E-state index is -0.338. The fourth-order valence-corrected chi connectivity index (χ4v) is 3.13. The smallest absolute Gasteiger partial charge is 0.256 e. The van der Waals surface area contributed by atoms with Crippen LogP contribution in [0, 0.1) is 0 Å². The predicted octanol–water partition coefficient (Wildman–Crippen LogP) is 1.81. The fourth-order valence-electron chi connectivity index (χ4n) is 3.13. The van der Waals surface area contributed by atoms with Gasteiger partial charge in [-0.15, -0.1) is 24.8 Å². The van der Waals surface area contributed by atoms with Crippen molar-refractivity contribution in [2.24, 2.45) is 5.73 Å². The van der Waals surface area contributed by atoms with Gasteiger partial charge in [-0.3, -0.25) is 4.79 Å². The molecule has 2 aliphatic heterocycles. The van der Waals surface area contributed by atoms with Crippen molar-refractivity contribution in [2.75, 3.05) is 31.6 Å². The Morgan fingerprint density at radius 3 is 2.70 bits per heavy atom. The molecule has 1 saturated heterocycles. The summed E-state index contributed by atoms with van der Waals surface area (Å²) in [5.41, 5.74) is 7.85. The van der Waals surface area contributed by atoms with Crippen molar-refractivity contribution in [1.82, 2.24) is 4.90 Å². The largest absolute Gasteiger partial charge is 0.364 e. The zero-order chi connectivity index (χ0) is 14.8. The molecule has 0 spiro atoms. The lowest BCUT2D eigenvalue weighted by Gasteiger charge is -2.25. The number of rotatable bonds is 2. The maximum atomic E-state index is 12.8. The van der Waals surface area contributed by atoms with Crippen LogP contribution in [-0.4, -0.2) is 49.7 Å². The number of hydrogen-bond donors (Lipinski definition) is 1. The van der Waals surface area contributed by atoms with Crippen LogP contribution in [0.15, 0.2) is 24.3 Å². The van der Waals surface area contributed by atoms with E-state index >= 15 is 0 Å². The monoisotopic (exact) mass is 361 g/mol. The number of ether oxygens (including phenoxy) is 1. The highest BCUT2D eigenvalue weighted by atomic mass is 35.5. The number of amides is 1. The van der Waals surface area contributed by atoms with Crippen LogP contribution in [0.5, 0.6) is 0 Å². The number of nitrogens with two attached hydrogens (primary N) is 1. The van der Waals surface area contributed by atoms with E-state index in [2.05, 4.69) is 18.0 Å². The van der Waals surface area contributed by atoms with Gasteiger partial charge < -0.3 is 20.3 Å². The number of halogens is 2. The minimum absolute atomic E-state index is 0. The van der Waals surface area contributed by atoms with Crippen molar-refractivity contribution in [3.8, 4) is 0 Å². The molecule has 1 aromatic rings. The number of carbonyl (C=O) groups is 1. The van der Waals surface area contributed by atoms with Gasteiger partial charge in [-0.25, -0.2) is 0 Å². The van der Waals surface area contributed by atoms with Crippen LogP contribution in [0.2, 0.25) is 0 Å². The molecule has 1 amide bonds. The summed E-state index contributed by atoms with van der Waals surface area (Å²) < 4.78 is 5.78. The maximum Gasteiger partial charge on any atom is 0.256 e. The summed E-state index contributed by atoms with van der Waals surface area (Å²) in [6, 6.07) is 8.14. The Bertz CT molecular complexity index is 530. The van der Waals surface area contributed by atoms with E-state index in [0.29, 0.717) is 13.1 Å². The van der Waals surface area contributed by atoms with Gasteiger partial charge >= 0.3 is 0 Å². The summed E-state index contributed by atoms with van der Waals surface area (Å²) in [5.74, 6) is 0.0775. The van der Waals surface area contributed by atoms with E-state index in [4.69, 9.17) is 10.5 Å². The lowest BCUT2D eigenvalue weighted by Crippen LogP contribution is -2.42. The molecule has 0 aliphatic carbocycles. The topological polar surface area (TPSA) is 58.8 Å². The molecule has 2 atom stereocenters. The van der Waals surface area contributed by atoms with Crippen LogP contribution in [0.3, 0.4) is 0 Å². The summed E-state index contributed by atoms with van der Waals surface area (Å²) in [6.45, 7) is 2.94. The van der Waals surface area contributed by atoms with Gasteiger partial charge in [0.25, 0.3) is 5.91 Å². The van der Waals surface area contributed by atoms with Gasteiger partial charge in [-0.05, 0) is 31.5 Å². The van der Waals surface area contributed by atoms with Gasteiger partial charge in [0.2, 0.25) is 0 Å². The Hall–Kier alpha value is -0.850. The first-order valence-electron chi connectivity index (χ1n) is 7.62. The Balaban J connectivity index is 0.00000132. The Morgan fingerprint density at radius 1 is 1.26 bits per heavy atom. The number of likely N-dealkylation sites (N-methyl/N-ethyl adjacent to an activating group) is 1. The van der Waals surface area contributed by atoms with E-state index < -0.39 is 0 Å². The molecule has 130 valence electrons. The average molecular weight is 362 g/mol. The van der Waals surface area contributed by atoms with Gasteiger partial charge in [0.15, 0.2) is 0 Å². The summed E-state index contributed by atoms with van der Waals surface area (Å²) in [7, 11) is 2.08. The Kier molecular flexibility index (Phi) is 7.77. The minimum Gasteiger partial charge on any atom is -0.364 e. The highest BCUT2D eigenvalue weighted by Gasteiger charge is 2.34. The summed E-state index contributed by atoms with van der Waals surface area (Å²) in [6.07, 6.45) is 1.34. The van der Waals surface area contributed by atoms with Gasteiger partial charge in [0.05, 0.1) is 6.10 Å². The molecule has 0 aromatic heterocycles.